The summed E-state index contributed by atoms with van der Waals surface area (Å²) in [7, 11) is 0. The van der Waals surface area contributed by atoms with E-state index in [2.05, 4.69) is 104 Å². The highest BCUT2D eigenvalue weighted by molar-refractivity contribution is 6.00. The molecule has 7 aromatic rings. The molecule has 1 aromatic heterocycles. The summed E-state index contributed by atoms with van der Waals surface area (Å²) in [5, 5.41) is 0.560. The molecule has 2 aliphatic rings. The average Bonchev–Trinajstić information content (AvgIpc) is 3.47. The van der Waals surface area contributed by atoms with E-state index < -0.39 is 11.1 Å². The molecule has 0 saturated carbocycles. The number of nitrogens with zero attached hydrogens (tertiary/aromatic N) is 2. The molecule has 2 atom stereocenters. The number of aryl methyl sites for hydroxylation is 1. The van der Waals surface area contributed by atoms with Gasteiger partial charge in [-0.3, -0.25) is 9.36 Å². The maximum atomic E-state index is 15.4. The van der Waals surface area contributed by atoms with Crippen LogP contribution in [0.4, 0.5) is 0 Å². The fourth-order valence-electron chi connectivity index (χ4n) is 8.04. The highest BCUT2D eigenvalue weighted by atomic mass is 16.5. The van der Waals surface area contributed by atoms with Gasteiger partial charge in [-0.2, -0.15) is 0 Å². The van der Waals surface area contributed by atoms with Gasteiger partial charge in [-0.1, -0.05) is 152 Å². The number of fused-ring (bicyclic) bond motifs is 7. The lowest BCUT2D eigenvalue weighted by molar-refractivity contribution is 0.0226. The molecule has 0 aliphatic carbocycles. The molecule has 6 aromatic carbocycles. The van der Waals surface area contributed by atoms with Crippen LogP contribution < -0.4 is 5.56 Å². The molecule has 9 rings (SSSR count). The largest absolute Gasteiger partial charge is 0.473 e. The minimum atomic E-state index is -1.22. The smallest absolute Gasteiger partial charge is 0.262 e. The fraction of sp³-hybridized carbons (Fsp3) is 0.0698. The summed E-state index contributed by atoms with van der Waals surface area (Å²) in [5.74, 6) is 1.35. The van der Waals surface area contributed by atoms with Gasteiger partial charge >= 0.3 is 0 Å². The Morgan fingerprint density at radius 1 is 0.596 bits per heavy atom. The maximum Gasteiger partial charge on any atom is 0.262 e. The Morgan fingerprint density at radius 2 is 1.17 bits per heavy atom. The number of hydrogen-bond donors (Lipinski definition) is 0. The fourth-order valence-corrected chi connectivity index (χ4v) is 8.04. The van der Waals surface area contributed by atoms with Gasteiger partial charge in [0.2, 0.25) is 0 Å². The number of aromatic nitrogens is 2. The van der Waals surface area contributed by atoms with Crippen LogP contribution in [-0.4, -0.2) is 9.55 Å². The summed E-state index contributed by atoms with van der Waals surface area (Å²) in [6, 6.07) is 55.4. The van der Waals surface area contributed by atoms with Gasteiger partial charge in [-0.05, 0) is 35.7 Å². The van der Waals surface area contributed by atoms with Gasteiger partial charge in [0, 0.05) is 27.8 Å². The third-order valence-electron chi connectivity index (χ3n) is 9.80. The SMILES string of the molecule is Cc1cccc2c1[C@]1(c3ccccc3)OC(c3ccccc3)=C(c3ccccc3)[C@]1(c1ccccc1)n1c-2nc2ccccc2c1=O. The molecular formula is C43H30N2O2. The summed E-state index contributed by atoms with van der Waals surface area (Å²) in [6.45, 7) is 2.14. The minimum Gasteiger partial charge on any atom is -0.473 e. The third-order valence-corrected chi connectivity index (χ3v) is 9.80. The number of ether oxygens (including phenoxy) is 1. The van der Waals surface area contributed by atoms with E-state index in [0.29, 0.717) is 16.7 Å². The number of rotatable bonds is 4. The van der Waals surface area contributed by atoms with Gasteiger partial charge in [-0.25, -0.2) is 4.98 Å². The van der Waals surface area contributed by atoms with Crippen molar-refractivity contribution in [1.29, 1.82) is 0 Å². The summed E-state index contributed by atoms with van der Waals surface area (Å²) >= 11 is 0. The Labute approximate surface area is 272 Å². The molecule has 0 saturated heterocycles. The van der Waals surface area contributed by atoms with Crippen LogP contribution in [0.25, 0.3) is 33.6 Å². The molecule has 0 fully saturated rings. The summed E-state index contributed by atoms with van der Waals surface area (Å²) < 4.78 is 9.73. The quantitative estimate of drug-likeness (QED) is 0.201. The van der Waals surface area contributed by atoms with Gasteiger partial charge in [0.15, 0.2) is 11.1 Å². The molecule has 2 aliphatic heterocycles. The van der Waals surface area contributed by atoms with E-state index in [1.165, 1.54) is 0 Å². The molecule has 0 bridgehead atoms. The Balaban J connectivity index is 1.62. The second-order valence-corrected chi connectivity index (χ2v) is 12.3. The molecule has 0 spiro atoms. The first-order valence-electron chi connectivity index (χ1n) is 15.9. The van der Waals surface area contributed by atoms with Crippen molar-refractivity contribution < 1.29 is 4.74 Å². The predicted octanol–water partition coefficient (Wildman–Crippen LogP) is 8.97. The predicted molar refractivity (Wildman–Crippen MR) is 188 cm³/mol. The van der Waals surface area contributed by atoms with Crippen LogP contribution in [0.1, 0.15) is 33.4 Å². The van der Waals surface area contributed by atoms with Crippen LogP contribution in [0.5, 0.6) is 0 Å². The van der Waals surface area contributed by atoms with Gasteiger partial charge in [-0.15, -0.1) is 0 Å². The molecule has 0 N–H and O–H groups in total. The molecule has 4 heteroatoms. The van der Waals surface area contributed by atoms with Crippen molar-refractivity contribution in [2.24, 2.45) is 0 Å². The van der Waals surface area contributed by atoms with E-state index in [9.17, 15) is 0 Å². The molecule has 0 radical (unpaired) electrons. The Hall–Kier alpha value is -6.00. The lowest BCUT2D eigenvalue weighted by Crippen LogP contribution is -2.60. The third kappa shape index (κ3) is 3.58. The average molecular weight is 607 g/mol. The maximum absolute atomic E-state index is 15.4. The van der Waals surface area contributed by atoms with Crippen molar-refractivity contribution >= 4 is 22.2 Å². The minimum absolute atomic E-state index is 0.117. The zero-order valence-corrected chi connectivity index (χ0v) is 25.8. The van der Waals surface area contributed by atoms with Crippen LogP contribution in [0.15, 0.2) is 169 Å². The zero-order valence-electron chi connectivity index (χ0n) is 25.8. The Bertz CT molecular complexity index is 2400. The van der Waals surface area contributed by atoms with Crippen LogP contribution in [0.3, 0.4) is 0 Å². The molecule has 47 heavy (non-hydrogen) atoms. The number of benzene rings is 6. The van der Waals surface area contributed by atoms with E-state index >= 15 is 4.79 Å². The van der Waals surface area contributed by atoms with E-state index in [1.807, 2.05) is 71.3 Å². The van der Waals surface area contributed by atoms with E-state index in [4.69, 9.17) is 9.72 Å². The zero-order chi connectivity index (χ0) is 31.6. The molecule has 3 heterocycles. The van der Waals surface area contributed by atoms with Crippen LogP contribution >= 0.6 is 0 Å². The van der Waals surface area contributed by atoms with Gasteiger partial charge in [0.05, 0.1) is 10.9 Å². The van der Waals surface area contributed by atoms with Crippen molar-refractivity contribution in [1.82, 2.24) is 9.55 Å². The van der Waals surface area contributed by atoms with Crippen LogP contribution in [0, 0.1) is 6.92 Å². The van der Waals surface area contributed by atoms with Crippen molar-refractivity contribution in [2.45, 2.75) is 18.1 Å². The molecule has 0 amide bonds. The lowest BCUT2D eigenvalue weighted by Gasteiger charge is -2.52. The first-order valence-corrected chi connectivity index (χ1v) is 15.9. The monoisotopic (exact) mass is 606 g/mol. The van der Waals surface area contributed by atoms with Crippen molar-refractivity contribution in [3.05, 3.63) is 208 Å². The van der Waals surface area contributed by atoms with Crippen LogP contribution in [-0.2, 0) is 15.9 Å². The highest BCUT2D eigenvalue weighted by Gasteiger charge is 2.69. The van der Waals surface area contributed by atoms with Gasteiger partial charge in [0.25, 0.3) is 5.56 Å². The number of hydrogen-bond acceptors (Lipinski definition) is 3. The van der Waals surface area contributed by atoms with Crippen LogP contribution in [0.2, 0.25) is 0 Å². The first kappa shape index (κ1) is 27.3. The van der Waals surface area contributed by atoms with E-state index in [-0.39, 0.29) is 5.56 Å². The topological polar surface area (TPSA) is 44.1 Å². The lowest BCUT2D eigenvalue weighted by atomic mass is 9.60. The summed E-state index contributed by atoms with van der Waals surface area (Å²) in [4.78, 5) is 20.8. The van der Waals surface area contributed by atoms with Crippen molar-refractivity contribution in [3.63, 3.8) is 0 Å². The second kappa shape index (κ2) is 10.3. The number of para-hydroxylation sites is 1. The summed E-state index contributed by atoms with van der Waals surface area (Å²) in [6.07, 6.45) is 0. The molecule has 0 unspecified atom stereocenters. The van der Waals surface area contributed by atoms with Gasteiger partial charge in [0.1, 0.15) is 11.6 Å². The van der Waals surface area contributed by atoms with Crippen molar-refractivity contribution in [3.8, 4) is 11.4 Å². The van der Waals surface area contributed by atoms with Gasteiger partial charge < -0.3 is 4.74 Å². The molecular weight excluding hydrogens is 576 g/mol. The van der Waals surface area contributed by atoms with Crippen molar-refractivity contribution in [2.75, 3.05) is 0 Å². The van der Waals surface area contributed by atoms with E-state index in [0.717, 1.165) is 50.3 Å². The molecule has 224 valence electrons. The second-order valence-electron chi connectivity index (χ2n) is 12.3. The summed E-state index contributed by atoms with van der Waals surface area (Å²) in [5.41, 5.74) is 5.76. The normalized spacial score (nSPS) is 19.5. The molecule has 4 nitrogen and oxygen atoms in total. The Morgan fingerprint density at radius 3 is 1.85 bits per heavy atom. The van der Waals surface area contributed by atoms with E-state index in [1.54, 1.807) is 0 Å². The standard InChI is InChI=1S/C43H30N2O2/c1-29-17-16-27-35-37(29)43(33-24-12-5-13-25-33)42(32-22-10-4-11-23-32,45-40(35)44-36-28-15-14-26-34(36)41(45)46)38(30-18-6-2-7-19-30)39(47-43)31-20-8-3-9-21-31/h2-28H,1H3/t42-,43-/m0/s1. The Kier molecular flexibility index (Phi) is 5.97. The highest BCUT2D eigenvalue weighted by Crippen LogP contribution is 2.68. The first-order chi connectivity index (χ1) is 23.2.